The number of carbonyl (C=O) groups excluding carboxylic acids is 1. The van der Waals surface area contributed by atoms with Crippen molar-refractivity contribution in [2.75, 3.05) is 0 Å². The molecular formula is C4H7O2Si. The van der Waals surface area contributed by atoms with Crippen molar-refractivity contribution in [2.45, 2.75) is 6.92 Å². The zero-order valence-electron chi connectivity index (χ0n) is 4.18. The molecule has 0 unspecified atom stereocenters. The molecule has 0 saturated carbocycles. The van der Waals surface area contributed by atoms with Gasteiger partial charge in [-0.15, -0.1) is 0 Å². The first-order valence-corrected chi connectivity index (χ1v) is 3.33. The molecule has 0 spiro atoms. The van der Waals surface area contributed by atoms with Crippen LogP contribution in [0.3, 0.4) is 0 Å². The van der Waals surface area contributed by atoms with Gasteiger partial charge in [-0.25, -0.2) is 0 Å². The van der Waals surface area contributed by atoms with Gasteiger partial charge in [0.15, 0.2) is 0 Å². The van der Waals surface area contributed by atoms with Gasteiger partial charge in [0, 0.05) is 6.92 Å². The fraction of sp³-hybridized carbons (Fsp3) is 0.250. The molecule has 0 fully saturated rings. The summed E-state index contributed by atoms with van der Waals surface area (Å²) in [5.74, 6) is -0.242. The highest BCUT2D eigenvalue weighted by molar-refractivity contribution is 6.36. The summed E-state index contributed by atoms with van der Waals surface area (Å²) in [6.07, 6.45) is 0. The summed E-state index contributed by atoms with van der Waals surface area (Å²) in [5.41, 5.74) is 1.42. The lowest BCUT2D eigenvalue weighted by Gasteiger charge is -1.91. The minimum Gasteiger partial charge on any atom is -0.521 e. The van der Waals surface area contributed by atoms with Crippen molar-refractivity contribution in [1.29, 1.82) is 0 Å². The molecule has 0 aliphatic rings. The van der Waals surface area contributed by atoms with Gasteiger partial charge in [0.1, 0.15) is 0 Å². The van der Waals surface area contributed by atoms with E-state index in [4.69, 9.17) is 6.58 Å². The molecule has 39 valence electrons. The zero-order valence-corrected chi connectivity index (χ0v) is 5.59. The van der Waals surface area contributed by atoms with Crippen LogP contribution in [-0.4, -0.2) is 15.7 Å². The molecule has 1 radical (unpaired) electrons. The molecule has 3 heteroatoms. The lowest BCUT2D eigenvalue weighted by atomic mass is 10.9. The predicted molar refractivity (Wildman–Crippen MR) is 29.2 cm³/mol. The Morgan fingerprint density at radius 3 is 2.71 bits per heavy atom. The lowest BCUT2D eigenvalue weighted by molar-refractivity contribution is -0.131. The maximum Gasteiger partial charge on any atom is 0.289 e. The molecule has 0 rings (SSSR count). The first-order valence-electron chi connectivity index (χ1n) is 1.94. The molecule has 0 bridgehead atoms. The fourth-order valence-corrected chi connectivity index (χ4v) is 0.496. The smallest absolute Gasteiger partial charge is 0.289 e. The highest BCUT2D eigenvalue weighted by Crippen LogP contribution is 1.69. The first-order chi connectivity index (χ1) is 3.27. The topological polar surface area (TPSA) is 26.3 Å². The van der Waals surface area contributed by atoms with Gasteiger partial charge in [0.2, 0.25) is 9.76 Å². The maximum atomic E-state index is 9.94. The zero-order chi connectivity index (χ0) is 5.70. The fourth-order valence-electron chi connectivity index (χ4n) is 0.165. The van der Waals surface area contributed by atoms with Crippen LogP contribution in [0.2, 0.25) is 0 Å². The van der Waals surface area contributed by atoms with E-state index >= 15 is 0 Å². The Morgan fingerprint density at radius 1 is 2.00 bits per heavy atom. The van der Waals surface area contributed by atoms with Crippen LogP contribution in [0.1, 0.15) is 6.92 Å². The lowest BCUT2D eigenvalue weighted by Crippen LogP contribution is -2.00. The molecule has 0 aromatic carbocycles. The molecule has 0 aromatic heterocycles. The van der Waals surface area contributed by atoms with Crippen LogP contribution in [-0.2, 0) is 9.22 Å². The molecule has 0 saturated heterocycles. The van der Waals surface area contributed by atoms with Crippen LogP contribution in [0.5, 0.6) is 0 Å². The number of hydrogen-bond donors (Lipinski definition) is 0. The highest BCUT2D eigenvalue weighted by Gasteiger charge is 1.84. The van der Waals surface area contributed by atoms with E-state index in [0.717, 1.165) is 0 Å². The molecule has 2 nitrogen and oxygen atoms in total. The summed E-state index contributed by atoms with van der Waals surface area (Å²) >= 11 is 0. The van der Waals surface area contributed by atoms with Gasteiger partial charge in [-0.3, -0.25) is 4.79 Å². The van der Waals surface area contributed by atoms with Crippen molar-refractivity contribution < 1.29 is 9.22 Å². The molecule has 7 heavy (non-hydrogen) atoms. The highest BCUT2D eigenvalue weighted by atomic mass is 28.2. The molecule has 0 N–H and O–H groups in total. The molecule has 0 aliphatic heterocycles. The third-order valence-electron chi connectivity index (χ3n) is 0.383. The van der Waals surface area contributed by atoms with Crippen molar-refractivity contribution in [3.63, 3.8) is 0 Å². The quantitative estimate of drug-likeness (QED) is 0.457. The summed E-state index contributed by atoms with van der Waals surface area (Å²) < 4.78 is 4.51. The van der Waals surface area contributed by atoms with E-state index in [-0.39, 0.29) is 5.97 Å². The predicted octanol–water partition coefficient (Wildman–Crippen LogP) is -0.420. The molecule has 0 aromatic rings. The van der Waals surface area contributed by atoms with Gasteiger partial charge in [-0.05, 0) is 0 Å². The summed E-state index contributed by atoms with van der Waals surface area (Å²) in [6.45, 7) is 6.31. The van der Waals surface area contributed by atoms with Crippen LogP contribution < -0.4 is 0 Å². The van der Waals surface area contributed by atoms with E-state index in [0.29, 0.717) is 0 Å². The number of carbonyl (C=O) groups is 1. The van der Waals surface area contributed by atoms with Crippen molar-refractivity contribution in [3.05, 3.63) is 12.3 Å². The molecule has 0 amide bonds. The molecular weight excluding hydrogens is 108 g/mol. The molecule has 0 heterocycles. The second kappa shape index (κ2) is 3.61. The van der Waals surface area contributed by atoms with Gasteiger partial charge < -0.3 is 4.43 Å². The van der Waals surface area contributed by atoms with Gasteiger partial charge in [0.05, 0.1) is 0 Å². The van der Waals surface area contributed by atoms with Crippen molar-refractivity contribution in [3.8, 4) is 0 Å². The second-order valence-corrected chi connectivity index (χ2v) is 2.13. The standard InChI is InChI=1S/C4H7O2Si/c1-3-7-6-4(2)5/h1,3H,7H2,2H3. The number of rotatable bonds is 2. The van der Waals surface area contributed by atoms with Crippen LogP contribution in [0.15, 0.2) is 5.70 Å². The van der Waals surface area contributed by atoms with E-state index in [1.54, 1.807) is 0 Å². The van der Waals surface area contributed by atoms with Gasteiger partial charge in [-0.2, -0.15) is 0 Å². The Balaban J connectivity index is 2.97. The SMILES string of the molecule is [CH]=C[SiH2]OC(C)=O. The van der Waals surface area contributed by atoms with Crippen molar-refractivity contribution >= 4 is 15.7 Å². The molecule has 0 aliphatic carbocycles. The van der Waals surface area contributed by atoms with Crippen LogP contribution in [0.25, 0.3) is 0 Å². The Labute approximate surface area is 45.1 Å². The normalized spacial score (nSPS) is 9.29. The first kappa shape index (κ1) is 6.43. The van der Waals surface area contributed by atoms with Gasteiger partial charge >= 0.3 is 0 Å². The van der Waals surface area contributed by atoms with Crippen LogP contribution in [0.4, 0.5) is 0 Å². The summed E-state index contributed by atoms with van der Waals surface area (Å²) in [4.78, 5) is 9.94. The Kier molecular flexibility index (Phi) is 3.32. The number of hydrogen-bond acceptors (Lipinski definition) is 2. The Morgan fingerprint density at radius 2 is 2.57 bits per heavy atom. The average Bonchev–Trinajstić information content (AvgIpc) is 1.61. The Bertz CT molecular complexity index is 79.8. The van der Waals surface area contributed by atoms with Crippen LogP contribution >= 0.6 is 0 Å². The second-order valence-electron chi connectivity index (χ2n) is 1.04. The van der Waals surface area contributed by atoms with Crippen molar-refractivity contribution in [1.82, 2.24) is 0 Å². The summed E-state index contributed by atoms with van der Waals surface area (Å²) in [5, 5.41) is 0. The summed E-state index contributed by atoms with van der Waals surface area (Å²) in [6, 6.07) is 0. The minimum atomic E-state index is -0.823. The van der Waals surface area contributed by atoms with Crippen LogP contribution in [0, 0.1) is 6.58 Å². The largest absolute Gasteiger partial charge is 0.521 e. The average molecular weight is 115 g/mol. The third-order valence-corrected chi connectivity index (χ3v) is 1.15. The van der Waals surface area contributed by atoms with E-state index < -0.39 is 9.76 Å². The Hall–Kier alpha value is -0.573. The van der Waals surface area contributed by atoms with Gasteiger partial charge in [0.25, 0.3) is 5.97 Å². The third kappa shape index (κ3) is 5.43. The minimum absolute atomic E-state index is 0.242. The van der Waals surface area contributed by atoms with E-state index in [9.17, 15) is 4.79 Å². The van der Waals surface area contributed by atoms with Crippen molar-refractivity contribution in [2.24, 2.45) is 0 Å². The van der Waals surface area contributed by atoms with E-state index in [2.05, 4.69) is 4.43 Å². The maximum absolute atomic E-state index is 9.94. The van der Waals surface area contributed by atoms with Gasteiger partial charge in [-0.1, -0.05) is 12.3 Å². The summed E-state index contributed by atoms with van der Waals surface area (Å²) in [7, 11) is -0.823. The molecule has 0 atom stereocenters. The van der Waals surface area contributed by atoms with E-state index in [1.165, 1.54) is 12.6 Å². The monoisotopic (exact) mass is 115 g/mol. The van der Waals surface area contributed by atoms with E-state index in [1.807, 2.05) is 0 Å².